The molecule has 0 N–H and O–H groups in total. The number of ketones is 1. The fraction of sp³-hybridized carbons (Fsp3) is 0.412. The summed E-state index contributed by atoms with van der Waals surface area (Å²) in [5.41, 5.74) is 2.35. The first-order chi connectivity index (χ1) is 9.74. The first-order valence-electron chi connectivity index (χ1n) is 7.25. The first-order valence-corrected chi connectivity index (χ1v) is 7.25. The zero-order chi connectivity index (χ0) is 13.9. The maximum atomic E-state index is 11.9. The van der Waals surface area contributed by atoms with Crippen LogP contribution >= 0.6 is 0 Å². The number of esters is 1. The van der Waals surface area contributed by atoms with E-state index in [4.69, 9.17) is 4.74 Å². The number of ether oxygens (including phenoxy) is 1. The smallest absolute Gasteiger partial charge is 0.311 e. The molecule has 1 atom stereocenters. The van der Waals surface area contributed by atoms with Crippen LogP contribution in [-0.2, 0) is 20.7 Å². The van der Waals surface area contributed by atoms with Gasteiger partial charge in [-0.2, -0.15) is 0 Å². The Balaban J connectivity index is 1.76. The predicted molar refractivity (Wildman–Crippen MR) is 74.8 cm³/mol. The molecule has 0 unspecified atom stereocenters. The van der Waals surface area contributed by atoms with Crippen molar-refractivity contribution in [1.82, 2.24) is 0 Å². The molecule has 2 aliphatic rings. The van der Waals surface area contributed by atoms with E-state index in [0.29, 0.717) is 18.6 Å². The van der Waals surface area contributed by atoms with Crippen molar-refractivity contribution in [2.75, 3.05) is 0 Å². The Kier molecular flexibility index (Phi) is 3.68. The van der Waals surface area contributed by atoms with Crippen LogP contribution in [0.1, 0.15) is 37.7 Å². The summed E-state index contributed by atoms with van der Waals surface area (Å²) in [5, 5.41) is 0. The van der Waals surface area contributed by atoms with E-state index in [9.17, 15) is 9.59 Å². The molecule has 0 fully saturated rings. The largest absolute Gasteiger partial charge is 0.423 e. The van der Waals surface area contributed by atoms with Gasteiger partial charge in [0.2, 0.25) is 0 Å². The lowest BCUT2D eigenvalue weighted by Gasteiger charge is -2.29. The molecule has 1 aliphatic heterocycles. The second-order valence-corrected chi connectivity index (χ2v) is 5.53. The van der Waals surface area contributed by atoms with Gasteiger partial charge in [-0.3, -0.25) is 9.59 Å². The summed E-state index contributed by atoms with van der Waals surface area (Å²) in [6.45, 7) is 0. The third kappa shape index (κ3) is 2.67. The Hall–Kier alpha value is -1.90. The van der Waals surface area contributed by atoms with Gasteiger partial charge in [-0.1, -0.05) is 30.3 Å². The van der Waals surface area contributed by atoms with Gasteiger partial charge < -0.3 is 4.74 Å². The van der Waals surface area contributed by atoms with E-state index in [1.807, 2.05) is 18.2 Å². The standard InChI is InChI=1S/C17H18O3/c18-15-8-4-7-14-13(11-16(19)20-17(14)15)10-9-12-5-2-1-3-6-12/h1-3,5-6,13H,4,7-11H2/t13-/m0/s1. The van der Waals surface area contributed by atoms with Crippen molar-refractivity contribution in [1.29, 1.82) is 0 Å². The van der Waals surface area contributed by atoms with Gasteiger partial charge in [0.15, 0.2) is 11.5 Å². The van der Waals surface area contributed by atoms with E-state index in [1.54, 1.807) is 0 Å². The molecule has 3 heteroatoms. The second-order valence-electron chi connectivity index (χ2n) is 5.53. The van der Waals surface area contributed by atoms with E-state index < -0.39 is 0 Å². The minimum atomic E-state index is -0.253. The monoisotopic (exact) mass is 270 g/mol. The molecule has 0 aromatic heterocycles. The summed E-state index contributed by atoms with van der Waals surface area (Å²) in [6.07, 6.45) is 4.55. The highest BCUT2D eigenvalue weighted by Gasteiger charge is 2.34. The number of carbonyl (C=O) groups is 2. The maximum absolute atomic E-state index is 11.9. The van der Waals surface area contributed by atoms with Gasteiger partial charge in [0.25, 0.3) is 0 Å². The van der Waals surface area contributed by atoms with E-state index in [1.165, 1.54) is 5.56 Å². The van der Waals surface area contributed by atoms with Crippen LogP contribution in [0.15, 0.2) is 41.7 Å². The summed E-state index contributed by atoms with van der Waals surface area (Å²) in [5.74, 6) is 0.294. The lowest BCUT2D eigenvalue weighted by molar-refractivity contribution is -0.145. The highest BCUT2D eigenvalue weighted by molar-refractivity contribution is 5.98. The molecule has 1 aliphatic carbocycles. The second kappa shape index (κ2) is 5.61. The normalized spacial score (nSPS) is 22.5. The highest BCUT2D eigenvalue weighted by Crippen LogP contribution is 2.37. The van der Waals surface area contributed by atoms with Crippen molar-refractivity contribution in [2.45, 2.75) is 38.5 Å². The van der Waals surface area contributed by atoms with Gasteiger partial charge in [0, 0.05) is 6.42 Å². The molecule has 3 nitrogen and oxygen atoms in total. The Morgan fingerprint density at radius 1 is 1.10 bits per heavy atom. The predicted octanol–water partition coefficient (Wildman–Crippen LogP) is 3.19. The van der Waals surface area contributed by atoms with Crippen molar-refractivity contribution in [3.05, 3.63) is 47.2 Å². The van der Waals surface area contributed by atoms with Crippen molar-refractivity contribution >= 4 is 11.8 Å². The molecule has 0 spiro atoms. The van der Waals surface area contributed by atoms with Crippen LogP contribution in [0.4, 0.5) is 0 Å². The van der Waals surface area contributed by atoms with Gasteiger partial charge in [0.1, 0.15) is 0 Å². The van der Waals surface area contributed by atoms with Crippen molar-refractivity contribution < 1.29 is 14.3 Å². The average molecular weight is 270 g/mol. The first kappa shape index (κ1) is 13.1. The van der Waals surface area contributed by atoms with Crippen molar-refractivity contribution in [3.8, 4) is 0 Å². The van der Waals surface area contributed by atoms with Crippen LogP contribution in [0.3, 0.4) is 0 Å². The van der Waals surface area contributed by atoms with Crippen LogP contribution in [0.2, 0.25) is 0 Å². The van der Waals surface area contributed by atoms with Gasteiger partial charge >= 0.3 is 5.97 Å². The Bertz CT molecular complexity index is 557. The van der Waals surface area contributed by atoms with Crippen LogP contribution in [0, 0.1) is 5.92 Å². The fourth-order valence-corrected chi connectivity index (χ4v) is 3.10. The third-order valence-corrected chi connectivity index (χ3v) is 4.14. The fourth-order valence-electron chi connectivity index (χ4n) is 3.10. The van der Waals surface area contributed by atoms with Crippen LogP contribution in [0.5, 0.6) is 0 Å². The number of allylic oxidation sites excluding steroid dienone is 2. The van der Waals surface area contributed by atoms with Crippen molar-refractivity contribution in [3.63, 3.8) is 0 Å². The summed E-state index contributed by atoms with van der Waals surface area (Å²) >= 11 is 0. The lowest BCUT2D eigenvalue weighted by atomic mass is 9.81. The van der Waals surface area contributed by atoms with Gasteiger partial charge in [0.05, 0.1) is 6.42 Å². The van der Waals surface area contributed by atoms with E-state index in [0.717, 1.165) is 31.3 Å². The number of aryl methyl sites for hydroxylation is 1. The summed E-state index contributed by atoms with van der Waals surface area (Å²) in [6, 6.07) is 10.3. The molecule has 0 saturated carbocycles. The molecule has 20 heavy (non-hydrogen) atoms. The number of Topliss-reactive ketones (excluding diaryl/α,β-unsaturated/α-hetero) is 1. The third-order valence-electron chi connectivity index (χ3n) is 4.14. The van der Waals surface area contributed by atoms with E-state index in [-0.39, 0.29) is 17.7 Å². The molecule has 0 bridgehead atoms. The minimum absolute atomic E-state index is 0.00371. The maximum Gasteiger partial charge on any atom is 0.311 e. The van der Waals surface area contributed by atoms with Crippen molar-refractivity contribution in [2.24, 2.45) is 5.92 Å². The van der Waals surface area contributed by atoms with Crippen LogP contribution < -0.4 is 0 Å². The average Bonchev–Trinajstić information content (AvgIpc) is 2.47. The molecular formula is C17H18O3. The summed E-state index contributed by atoms with van der Waals surface area (Å²) in [7, 11) is 0. The Morgan fingerprint density at radius 3 is 2.70 bits per heavy atom. The quantitative estimate of drug-likeness (QED) is 0.792. The minimum Gasteiger partial charge on any atom is -0.423 e. The SMILES string of the molecule is O=C1C[C@H](CCc2ccccc2)C2=C(O1)C(=O)CCC2. The van der Waals surface area contributed by atoms with E-state index in [2.05, 4.69) is 12.1 Å². The zero-order valence-electron chi connectivity index (χ0n) is 11.4. The lowest BCUT2D eigenvalue weighted by Crippen LogP contribution is -2.28. The molecule has 3 rings (SSSR count). The summed E-state index contributed by atoms with van der Waals surface area (Å²) < 4.78 is 5.18. The number of rotatable bonds is 3. The van der Waals surface area contributed by atoms with Gasteiger partial charge in [-0.05, 0) is 42.7 Å². The number of carbonyl (C=O) groups excluding carboxylic acids is 2. The summed E-state index contributed by atoms with van der Waals surface area (Å²) in [4.78, 5) is 23.5. The molecule has 104 valence electrons. The molecule has 1 heterocycles. The molecule has 1 aromatic carbocycles. The highest BCUT2D eigenvalue weighted by atomic mass is 16.5. The molecule has 1 aromatic rings. The number of benzene rings is 1. The van der Waals surface area contributed by atoms with Crippen LogP contribution in [0.25, 0.3) is 0 Å². The zero-order valence-corrected chi connectivity index (χ0v) is 11.4. The molecular weight excluding hydrogens is 252 g/mol. The molecule has 0 radical (unpaired) electrons. The number of hydrogen-bond donors (Lipinski definition) is 0. The number of hydrogen-bond acceptors (Lipinski definition) is 3. The van der Waals surface area contributed by atoms with Crippen LogP contribution in [-0.4, -0.2) is 11.8 Å². The topological polar surface area (TPSA) is 43.4 Å². The Labute approximate surface area is 118 Å². The molecule has 0 amide bonds. The Morgan fingerprint density at radius 2 is 1.90 bits per heavy atom. The van der Waals surface area contributed by atoms with Gasteiger partial charge in [-0.25, -0.2) is 0 Å². The molecule has 0 saturated heterocycles. The van der Waals surface area contributed by atoms with Gasteiger partial charge in [-0.15, -0.1) is 0 Å². The van der Waals surface area contributed by atoms with E-state index >= 15 is 0 Å².